The number of benzene rings is 1. The molecule has 0 amide bonds. The van der Waals surface area contributed by atoms with Crippen LogP contribution in [0.4, 0.5) is 13.2 Å². The Kier molecular flexibility index (Phi) is 9.41. The highest BCUT2D eigenvalue weighted by Gasteiger charge is 2.43. The summed E-state index contributed by atoms with van der Waals surface area (Å²) in [6, 6.07) is 0.793. The van der Waals surface area contributed by atoms with Gasteiger partial charge < -0.3 is 24.5 Å². The highest BCUT2D eigenvalue weighted by Crippen LogP contribution is 2.45. The highest BCUT2D eigenvalue weighted by atomic mass is 19.2. The first kappa shape index (κ1) is 28.7. The molecule has 204 valence electrons. The van der Waals surface area contributed by atoms with Gasteiger partial charge in [-0.1, -0.05) is 6.42 Å². The molecule has 1 saturated heterocycles. The van der Waals surface area contributed by atoms with Crippen molar-refractivity contribution in [3.8, 4) is 0 Å². The average Bonchev–Trinajstić information content (AvgIpc) is 2.87. The van der Waals surface area contributed by atoms with E-state index in [-0.39, 0.29) is 11.1 Å². The van der Waals surface area contributed by atoms with Crippen LogP contribution < -0.4 is 0 Å². The number of hydrogen-bond acceptors (Lipinski definition) is 6. The zero-order valence-corrected chi connectivity index (χ0v) is 22.2. The van der Waals surface area contributed by atoms with Crippen molar-refractivity contribution in [2.24, 2.45) is 0 Å². The van der Waals surface area contributed by atoms with Crippen LogP contribution in [-0.4, -0.2) is 86.2 Å². The summed E-state index contributed by atoms with van der Waals surface area (Å²) in [6.07, 6.45) is 3.87. The Bertz CT molecular complexity index is 1110. The summed E-state index contributed by atoms with van der Waals surface area (Å²) in [5, 5.41) is 10.4. The molecule has 0 spiro atoms. The van der Waals surface area contributed by atoms with Crippen LogP contribution in [0.3, 0.4) is 0 Å². The number of nitrogens with zero attached hydrogens (tertiary/aromatic N) is 3. The Morgan fingerprint density at radius 2 is 1.68 bits per heavy atom. The third-order valence-electron chi connectivity index (χ3n) is 7.28. The van der Waals surface area contributed by atoms with Crippen molar-refractivity contribution in [2.45, 2.75) is 44.9 Å². The minimum atomic E-state index is -1.54. The van der Waals surface area contributed by atoms with Gasteiger partial charge in [0.1, 0.15) is 5.82 Å². The number of likely N-dealkylation sites (tertiary alicyclic amines) is 1. The fourth-order valence-electron chi connectivity index (χ4n) is 5.20. The maximum Gasteiger partial charge on any atom is 0.336 e. The van der Waals surface area contributed by atoms with Gasteiger partial charge >= 0.3 is 11.9 Å². The van der Waals surface area contributed by atoms with Crippen LogP contribution in [0, 0.1) is 24.4 Å². The van der Waals surface area contributed by atoms with Gasteiger partial charge in [0.05, 0.1) is 24.2 Å². The quantitative estimate of drug-likeness (QED) is 0.387. The van der Waals surface area contributed by atoms with Crippen LogP contribution in [0.15, 0.2) is 28.6 Å². The maximum absolute atomic E-state index is 15.4. The van der Waals surface area contributed by atoms with Gasteiger partial charge in [-0.05, 0) is 53.0 Å². The van der Waals surface area contributed by atoms with Gasteiger partial charge in [0.15, 0.2) is 11.6 Å². The number of carboxylic acids is 1. The molecule has 3 rings (SSSR count). The van der Waals surface area contributed by atoms with Crippen molar-refractivity contribution in [2.75, 3.05) is 54.4 Å². The Balaban J connectivity index is 2.27. The third-order valence-corrected chi connectivity index (χ3v) is 7.28. The number of methoxy groups -OCH3 is 1. The molecular formula is C27H36F3N3O4. The summed E-state index contributed by atoms with van der Waals surface area (Å²) in [7, 11) is 6.50. The molecule has 0 aromatic heterocycles. The number of carboxylic acid groups (broad SMARTS) is 1. The zero-order valence-electron chi connectivity index (χ0n) is 22.2. The molecule has 2 aliphatic rings. The molecule has 1 fully saturated rings. The lowest BCUT2D eigenvalue weighted by Gasteiger charge is -2.39. The SMILES string of the molecule is COC(=O)C1=C(CCN(C)C)N(C)C(CCN2CCCCC2)=C(C(=O)O)C1c1cc(F)c(C)c(F)c1F. The summed E-state index contributed by atoms with van der Waals surface area (Å²) < 4.78 is 49.8. The van der Waals surface area contributed by atoms with Crippen LogP contribution >= 0.6 is 0 Å². The number of carbonyl (C=O) groups is 2. The molecule has 7 nitrogen and oxygen atoms in total. The van der Waals surface area contributed by atoms with Gasteiger partial charge in [-0.25, -0.2) is 22.8 Å². The Hall–Kier alpha value is -2.85. The first-order valence-corrected chi connectivity index (χ1v) is 12.5. The number of halogens is 3. The fraction of sp³-hybridized carbons (Fsp3) is 0.556. The number of carbonyl (C=O) groups excluding carboxylic acids is 1. The van der Waals surface area contributed by atoms with Crippen molar-refractivity contribution in [3.63, 3.8) is 0 Å². The third kappa shape index (κ3) is 6.01. The second kappa shape index (κ2) is 12.1. The minimum Gasteiger partial charge on any atom is -0.478 e. The molecule has 1 unspecified atom stereocenters. The topological polar surface area (TPSA) is 73.3 Å². The zero-order chi connectivity index (χ0) is 27.4. The molecule has 10 heteroatoms. The summed E-state index contributed by atoms with van der Waals surface area (Å²) >= 11 is 0. The second-order valence-electron chi connectivity index (χ2n) is 9.92. The number of ether oxygens (including phenoxy) is 1. The van der Waals surface area contributed by atoms with E-state index in [2.05, 4.69) is 4.90 Å². The van der Waals surface area contributed by atoms with Crippen LogP contribution in [0.5, 0.6) is 0 Å². The predicted octanol–water partition coefficient (Wildman–Crippen LogP) is 4.03. The van der Waals surface area contributed by atoms with Gasteiger partial charge in [0.2, 0.25) is 0 Å². The van der Waals surface area contributed by atoms with E-state index in [1.807, 2.05) is 19.0 Å². The Labute approximate surface area is 216 Å². The van der Waals surface area contributed by atoms with Crippen molar-refractivity contribution in [1.82, 2.24) is 14.7 Å². The van der Waals surface area contributed by atoms with Crippen molar-refractivity contribution in [1.29, 1.82) is 0 Å². The fourth-order valence-corrected chi connectivity index (χ4v) is 5.20. The molecule has 0 bridgehead atoms. The molecule has 1 aromatic rings. The number of piperidine rings is 1. The van der Waals surface area contributed by atoms with Gasteiger partial charge in [-0.2, -0.15) is 0 Å². The second-order valence-corrected chi connectivity index (χ2v) is 9.92. The van der Waals surface area contributed by atoms with E-state index < -0.39 is 46.4 Å². The normalized spacial score (nSPS) is 19.2. The number of esters is 1. The van der Waals surface area contributed by atoms with E-state index in [0.717, 1.165) is 52.5 Å². The van der Waals surface area contributed by atoms with Crippen molar-refractivity contribution < 1.29 is 32.6 Å². The molecule has 0 radical (unpaired) electrons. The lowest BCUT2D eigenvalue weighted by Crippen LogP contribution is -2.38. The minimum absolute atomic E-state index is 0.132. The first-order chi connectivity index (χ1) is 17.5. The monoisotopic (exact) mass is 523 g/mol. The highest BCUT2D eigenvalue weighted by molar-refractivity contribution is 5.99. The molecule has 2 aliphatic heterocycles. The van der Waals surface area contributed by atoms with E-state index in [0.29, 0.717) is 37.3 Å². The smallest absolute Gasteiger partial charge is 0.336 e. The van der Waals surface area contributed by atoms with Gasteiger partial charge in [-0.3, -0.25) is 0 Å². The van der Waals surface area contributed by atoms with Gasteiger partial charge in [0, 0.05) is 55.5 Å². The summed E-state index contributed by atoms with van der Waals surface area (Å²) in [4.78, 5) is 31.7. The number of hydrogen-bond donors (Lipinski definition) is 1. The standard InChI is InChI=1S/C27H36F3N3O4/c1-16-18(28)15-17(25(30)24(16)29)21-22(26(34)35)19(10-14-33-11-7-6-8-12-33)32(4)20(9-13-31(2)3)23(21)27(36)37-5/h15,21H,6-14H2,1-5H3,(H,34,35). The summed E-state index contributed by atoms with van der Waals surface area (Å²) in [6.45, 7) is 3.94. The molecule has 1 atom stereocenters. The van der Waals surface area contributed by atoms with Gasteiger partial charge in [0.25, 0.3) is 0 Å². The molecule has 1 aromatic carbocycles. The van der Waals surface area contributed by atoms with E-state index in [1.54, 1.807) is 11.9 Å². The van der Waals surface area contributed by atoms with E-state index in [4.69, 9.17) is 4.74 Å². The molecular weight excluding hydrogens is 487 g/mol. The first-order valence-electron chi connectivity index (χ1n) is 12.5. The predicted molar refractivity (Wildman–Crippen MR) is 133 cm³/mol. The van der Waals surface area contributed by atoms with Crippen molar-refractivity contribution >= 4 is 11.9 Å². The Morgan fingerprint density at radius 3 is 2.24 bits per heavy atom. The van der Waals surface area contributed by atoms with Crippen LogP contribution in [0.1, 0.15) is 49.1 Å². The molecule has 1 N–H and O–H groups in total. The van der Waals surface area contributed by atoms with Crippen molar-refractivity contribution in [3.05, 3.63) is 57.2 Å². The van der Waals surface area contributed by atoms with Crippen LogP contribution in [0.25, 0.3) is 0 Å². The summed E-state index contributed by atoms with van der Waals surface area (Å²) in [5.74, 6) is -7.62. The largest absolute Gasteiger partial charge is 0.478 e. The number of rotatable bonds is 9. The van der Waals surface area contributed by atoms with E-state index >= 15 is 4.39 Å². The average molecular weight is 524 g/mol. The maximum atomic E-state index is 15.4. The molecule has 0 saturated carbocycles. The number of aliphatic carboxylic acids is 1. The molecule has 0 aliphatic carbocycles. The lowest BCUT2D eigenvalue weighted by molar-refractivity contribution is -0.136. The van der Waals surface area contributed by atoms with Gasteiger partial charge in [-0.15, -0.1) is 0 Å². The van der Waals surface area contributed by atoms with Crippen LogP contribution in [-0.2, 0) is 14.3 Å². The summed E-state index contributed by atoms with van der Waals surface area (Å²) in [5.41, 5.74) is -0.654. The molecule has 37 heavy (non-hydrogen) atoms. The Morgan fingerprint density at radius 1 is 1.05 bits per heavy atom. The van der Waals surface area contributed by atoms with Crippen LogP contribution in [0.2, 0.25) is 0 Å². The van der Waals surface area contributed by atoms with E-state index in [9.17, 15) is 23.5 Å². The lowest BCUT2D eigenvalue weighted by atomic mass is 9.78. The molecule has 2 heterocycles. The van der Waals surface area contributed by atoms with E-state index in [1.165, 1.54) is 0 Å².